The Morgan fingerprint density at radius 1 is 1.40 bits per heavy atom. The molecule has 0 spiro atoms. The second-order valence-electron chi connectivity index (χ2n) is 5.03. The molecule has 1 aliphatic carbocycles. The Kier molecular flexibility index (Phi) is 5.34. The van der Waals surface area contributed by atoms with Crippen LogP contribution in [0.25, 0.3) is 0 Å². The SMILES string of the molecule is C=CCNCC(C)N(CC1CC1)C(C)C. The smallest absolute Gasteiger partial charge is 0.0195 e. The second kappa shape index (κ2) is 6.29. The molecule has 2 heteroatoms. The number of hydrogen-bond acceptors (Lipinski definition) is 2. The van der Waals surface area contributed by atoms with Crippen LogP contribution in [0.3, 0.4) is 0 Å². The van der Waals surface area contributed by atoms with E-state index in [9.17, 15) is 0 Å². The lowest BCUT2D eigenvalue weighted by Crippen LogP contribution is -2.45. The maximum atomic E-state index is 3.72. The molecule has 0 radical (unpaired) electrons. The molecule has 2 nitrogen and oxygen atoms in total. The van der Waals surface area contributed by atoms with Crippen LogP contribution < -0.4 is 5.32 Å². The summed E-state index contributed by atoms with van der Waals surface area (Å²) in [7, 11) is 0. The van der Waals surface area contributed by atoms with Crippen LogP contribution in [0.5, 0.6) is 0 Å². The minimum absolute atomic E-state index is 0.630. The van der Waals surface area contributed by atoms with Gasteiger partial charge in [-0.2, -0.15) is 0 Å². The van der Waals surface area contributed by atoms with Gasteiger partial charge in [0.15, 0.2) is 0 Å². The second-order valence-corrected chi connectivity index (χ2v) is 5.03. The lowest BCUT2D eigenvalue weighted by atomic mass is 10.2. The maximum absolute atomic E-state index is 3.72. The fourth-order valence-electron chi connectivity index (χ4n) is 2.01. The van der Waals surface area contributed by atoms with Gasteiger partial charge in [-0.3, -0.25) is 4.90 Å². The first-order chi connectivity index (χ1) is 7.15. The summed E-state index contributed by atoms with van der Waals surface area (Å²) in [6.45, 7) is 13.9. The molecule has 0 aliphatic heterocycles. The van der Waals surface area contributed by atoms with E-state index in [4.69, 9.17) is 0 Å². The van der Waals surface area contributed by atoms with Gasteiger partial charge in [0.25, 0.3) is 0 Å². The van der Waals surface area contributed by atoms with Crippen molar-refractivity contribution in [1.29, 1.82) is 0 Å². The summed E-state index contributed by atoms with van der Waals surface area (Å²) >= 11 is 0. The third-order valence-electron chi connectivity index (χ3n) is 3.12. The van der Waals surface area contributed by atoms with E-state index in [2.05, 4.69) is 37.6 Å². The van der Waals surface area contributed by atoms with E-state index >= 15 is 0 Å². The van der Waals surface area contributed by atoms with Crippen molar-refractivity contribution in [3.8, 4) is 0 Å². The fraction of sp³-hybridized carbons (Fsp3) is 0.846. The lowest BCUT2D eigenvalue weighted by molar-refractivity contribution is 0.154. The van der Waals surface area contributed by atoms with Gasteiger partial charge in [-0.05, 0) is 39.5 Å². The first kappa shape index (κ1) is 12.7. The van der Waals surface area contributed by atoms with Crippen molar-refractivity contribution in [3.05, 3.63) is 12.7 Å². The summed E-state index contributed by atoms with van der Waals surface area (Å²) in [6, 6.07) is 1.29. The molecule has 1 rings (SSSR count). The van der Waals surface area contributed by atoms with E-state index in [1.165, 1.54) is 19.4 Å². The zero-order chi connectivity index (χ0) is 11.3. The number of rotatable bonds is 8. The molecule has 1 saturated carbocycles. The normalized spacial score (nSPS) is 18.5. The molecular weight excluding hydrogens is 184 g/mol. The van der Waals surface area contributed by atoms with E-state index in [1.54, 1.807) is 0 Å². The van der Waals surface area contributed by atoms with Crippen LogP contribution in [0.1, 0.15) is 33.6 Å². The van der Waals surface area contributed by atoms with Crippen molar-refractivity contribution in [2.75, 3.05) is 19.6 Å². The molecule has 0 bridgehead atoms. The third-order valence-corrected chi connectivity index (χ3v) is 3.12. The van der Waals surface area contributed by atoms with E-state index in [1.807, 2.05) is 6.08 Å². The van der Waals surface area contributed by atoms with Crippen LogP contribution in [0.4, 0.5) is 0 Å². The molecule has 0 saturated heterocycles. The summed E-state index contributed by atoms with van der Waals surface area (Å²) < 4.78 is 0. The molecule has 88 valence electrons. The van der Waals surface area contributed by atoms with Gasteiger partial charge in [0.2, 0.25) is 0 Å². The van der Waals surface area contributed by atoms with Gasteiger partial charge in [-0.25, -0.2) is 0 Å². The summed E-state index contributed by atoms with van der Waals surface area (Å²) in [5, 5.41) is 3.40. The molecule has 0 aromatic rings. The van der Waals surface area contributed by atoms with Crippen LogP contribution in [0, 0.1) is 5.92 Å². The molecule has 0 aromatic carbocycles. The van der Waals surface area contributed by atoms with Crippen LogP contribution >= 0.6 is 0 Å². The number of nitrogens with one attached hydrogen (secondary N) is 1. The Morgan fingerprint density at radius 3 is 2.53 bits per heavy atom. The molecule has 1 atom stereocenters. The number of nitrogens with zero attached hydrogens (tertiary/aromatic N) is 1. The Balaban J connectivity index is 2.28. The highest BCUT2D eigenvalue weighted by molar-refractivity contribution is 4.82. The Bertz CT molecular complexity index is 185. The van der Waals surface area contributed by atoms with Crippen molar-refractivity contribution in [3.63, 3.8) is 0 Å². The van der Waals surface area contributed by atoms with Gasteiger partial charge in [0, 0.05) is 31.7 Å². The molecule has 0 aromatic heterocycles. The zero-order valence-corrected chi connectivity index (χ0v) is 10.5. The Labute approximate surface area is 94.7 Å². The van der Waals surface area contributed by atoms with Crippen molar-refractivity contribution in [1.82, 2.24) is 10.2 Å². The predicted molar refractivity (Wildman–Crippen MR) is 67.1 cm³/mol. The van der Waals surface area contributed by atoms with Crippen molar-refractivity contribution >= 4 is 0 Å². The van der Waals surface area contributed by atoms with Gasteiger partial charge in [-0.1, -0.05) is 6.08 Å². The average molecular weight is 210 g/mol. The van der Waals surface area contributed by atoms with E-state index in [0.717, 1.165) is 19.0 Å². The zero-order valence-electron chi connectivity index (χ0n) is 10.5. The van der Waals surface area contributed by atoms with Crippen LogP contribution in [0.15, 0.2) is 12.7 Å². The monoisotopic (exact) mass is 210 g/mol. The molecular formula is C13H26N2. The highest BCUT2D eigenvalue weighted by Crippen LogP contribution is 2.30. The number of hydrogen-bond donors (Lipinski definition) is 1. The predicted octanol–water partition coefficient (Wildman–Crippen LogP) is 2.27. The fourth-order valence-corrected chi connectivity index (χ4v) is 2.01. The Morgan fingerprint density at radius 2 is 2.07 bits per heavy atom. The topological polar surface area (TPSA) is 15.3 Å². The standard InChI is InChI=1S/C13H26N2/c1-5-8-14-9-12(4)15(11(2)3)10-13-6-7-13/h5,11-14H,1,6-10H2,2-4H3. The molecule has 1 N–H and O–H groups in total. The quantitative estimate of drug-likeness (QED) is 0.488. The summed E-state index contributed by atoms with van der Waals surface area (Å²) in [6.07, 6.45) is 4.80. The average Bonchev–Trinajstić information content (AvgIpc) is 2.97. The van der Waals surface area contributed by atoms with E-state index in [0.29, 0.717) is 12.1 Å². The molecule has 1 aliphatic rings. The minimum Gasteiger partial charge on any atom is -0.312 e. The van der Waals surface area contributed by atoms with Gasteiger partial charge in [0.1, 0.15) is 0 Å². The lowest BCUT2D eigenvalue weighted by Gasteiger charge is -2.33. The minimum atomic E-state index is 0.630. The Hall–Kier alpha value is -0.340. The summed E-state index contributed by atoms with van der Waals surface area (Å²) in [4.78, 5) is 2.62. The van der Waals surface area contributed by atoms with Crippen molar-refractivity contribution < 1.29 is 0 Å². The summed E-state index contributed by atoms with van der Waals surface area (Å²) in [5.74, 6) is 0.981. The van der Waals surface area contributed by atoms with Gasteiger partial charge < -0.3 is 5.32 Å². The van der Waals surface area contributed by atoms with Gasteiger partial charge >= 0.3 is 0 Å². The summed E-state index contributed by atoms with van der Waals surface area (Å²) in [5.41, 5.74) is 0. The van der Waals surface area contributed by atoms with Crippen LogP contribution in [-0.2, 0) is 0 Å². The molecule has 0 amide bonds. The molecule has 0 heterocycles. The van der Waals surface area contributed by atoms with Crippen molar-refractivity contribution in [2.45, 2.75) is 45.7 Å². The molecule has 1 unspecified atom stereocenters. The first-order valence-electron chi connectivity index (χ1n) is 6.22. The largest absolute Gasteiger partial charge is 0.312 e. The first-order valence-corrected chi connectivity index (χ1v) is 6.22. The highest BCUT2D eigenvalue weighted by atomic mass is 15.2. The van der Waals surface area contributed by atoms with Gasteiger partial charge in [0.05, 0.1) is 0 Å². The molecule has 15 heavy (non-hydrogen) atoms. The van der Waals surface area contributed by atoms with E-state index in [-0.39, 0.29) is 0 Å². The van der Waals surface area contributed by atoms with Gasteiger partial charge in [-0.15, -0.1) is 6.58 Å². The van der Waals surface area contributed by atoms with Crippen molar-refractivity contribution in [2.24, 2.45) is 5.92 Å². The van der Waals surface area contributed by atoms with Crippen LogP contribution in [-0.4, -0.2) is 36.6 Å². The van der Waals surface area contributed by atoms with Crippen LogP contribution in [0.2, 0.25) is 0 Å². The highest BCUT2D eigenvalue weighted by Gasteiger charge is 2.27. The van der Waals surface area contributed by atoms with E-state index < -0.39 is 0 Å². The maximum Gasteiger partial charge on any atom is 0.0195 e. The molecule has 1 fully saturated rings. The third kappa shape index (κ3) is 4.80.